The van der Waals surface area contributed by atoms with Crippen LogP contribution in [0, 0.1) is 10.1 Å². The molecule has 11 heteroatoms. The van der Waals surface area contributed by atoms with Gasteiger partial charge in [-0.05, 0) is 0 Å². The number of non-ortho nitro benzene ring substituents is 1. The maximum absolute atomic E-state index is 12.1. The number of carbonyl (C=O) groups excluding carboxylic acids is 1. The molecule has 1 unspecified atom stereocenters. The molecule has 0 bridgehead atoms. The number of hydrogen-bond acceptors (Lipinski definition) is 4. The van der Waals surface area contributed by atoms with Crippen molar-refractivity contribution in [1.82, 2.24) is 5.32 Å². The number of hydrogen-bond donors (Lipinski definition) is 2. The number of aliphatic hydroxyl groups is 1. The molecule has 1 atom stereocenters. The van der Waals surface area contributed by atoms with Gasteiger partial charge in [0.15, 0.2) is 6.10 Å². The highest BCUT2D eigenvalue weighted by molar-refractivity contribution is 6.44. The van der Waals surface area contributed by atoms with Crippen LogP contribution in [0.1, 0.15) is 10.4 Å². The van der Waals surface area contributed by atoms with Gasteiger partial charge >= 0.3 is 6.18 Å². The minimum Gasteiger partial charge on any atom is -0.382 e. The third-order valence-corrected chi connectivity index (χ3v) is 3.10. The Bertz CT molecular complexity index is 580. The molecule has 1 aromatic rings. The molecule has 1 aromatic carbocycles. The van der Waals surface area contributed by atoms with Crippen LogP contribution >= 0.6 is 23.2 Å². The van der Waals surface area contributed by atoms with Crippen molar-refractivity contribution in [2.24, 2.45) is 0 Å². The molecule has 0 radical (unpaired) electrons. The number of nitro groups is 1. The number of aliphatic hydroxyl groups excluding tert-OH is 1. The molecular formula is C10H7Cl2F3N2O4. The molecule has 0 aromatic heterocycles. The van der Waals surface area contributed by atoms with Crippen molar-refractivity contribution < 1.29 is 28.0 Å². The van der Waals surface area contributed by atoms with E-state index in [9.17, 15) is 28.1 Å². The molecule has 0 saturated carbocycles. The van der Waals surface area contributed by atoms with Gasteiger partial charge in [0.1, 0.15) is 0 Å². The molecule has 0 heterocycles. The number of alkyl halides is 3. The smallest absolute Gasteiger partial charge is 0.382 e. The summed E-state index contributed by atoms with van der Waals surface area (Å²) in [6, 6.07) is 1.66. The number of nitrogens with one attached hydrogen (secondary N) is 1. The highest BCUT2D eigenvalue weighted by Crippen LogP contribution is 2.30. The van der Waals surface area contributed by atoms with E-state index in [4.69, 9.17) is 28.3 Å². The van der Waals surface area contributed by atoms with Crippen molar-refractivity contribution in [3.63, 3.8) is 0 Å². The normalized spacial score (nSPS) is 12.9. The molecule has 2 N–H and O–H groups in total. The molecule has 1 rings (SSSR count). The second-order valence-electron chi connectivity index (χ2n) is 3.81. The van der Waals surface area contributed by atoms with Gasteiger partial charge < -0.3 is 10.4 Å². The first-order valence-corrected chi connectivity index (χ1v) is 5.96. The molecule has 1 amide bonds. The predicted octanol–water partition coefficient (Wildman–Crippen LogP) is 2.55. The Kier molecular flexibility index (Phi) is 5.37. The van der Waals surface area contributed by atoms with E-state index in [-0.39, 0.29) is 10.0 Å². The lowest BCUT2D eigenvalue weighted by Crippen LogP contribution is -2.40. The van der Waals surface area contributed by atoms with Crippen LogP contribution in [0.3, 0.4) is 0 Å². The van der Waals surface area contributed by atoms with Crippen LogP contribution in [-0.2, 0) is 0 Å². The molecule has 116 valence electrons. The molecular weight excluding hydrogens is 340 g/mol. The van der Waals surface area contributed by atoms with Gasteiger partial charge in [-0.2, -0.15) is 13.2 Å². The van der Waals surface area contributed by atoms with Gasteiger partial charge in [0.05, 0.1) is 27.1 Å². The number of halogens is 5. The van der Waals surface area contributed by atoms with Crippen LogP contribution in [0.5, 0.6) is 0 Å². The van der Waals surface area contributed by atoms with Crippen molar-refractivity contribution in [1.29, 1.82) is 0 Å². The lowest BCUT2D eigenvalue weighted by Gasteiger charge is -2.15. The Morgan fingerprint density at radius 2 is 2.00 bits per heavy atom. The van der Waals surface area contributed by atoms with Crippen LogP contribution in [0.25, 0.3) is 0 Å². The Morgan fingerprint density at radius 1 is 1.43 bits per heavy atom. The number of amides is 1. The molecule has 0 fully saturated rings. The fraction of sp³-hybridized carbons (Fsp3) is 0.300. The van der Waals surface area contributed by atoms with Crippen molar-refractivity contribution in [3.8, 4) is 0 Å². The fourth-order valence-corrected chi connectivity index (χ4v) is 1.65. The summed E-state index contributed by atoms with van der Waals surface area (Å²) < 4.78 is 36.2. The van der Waals surface area contributed by atoms with Crippen LogP contribution in [0.4, 0.5) is 18.9 Å². The van der Waals surface area contributed by atoms with Crippen molar-refractivity contribution >= 4 is 34.8 Å². The molecule has 0 saturated heterocycles. The number of rotatable bonds is 4. The molecule has 6 nitrogen and oxygen atoms in total. The van der Waals surface area contributed by atoms with Gasteiger partial charge in [0, 0.05) is 12.1 Å². The lowest BCUT2D eigenvalue weighted by molar-refractivity contribution is -0.384. The predicted molar refractivity (Wildman–Crippen MR) is 67.5 cm³/mol. The second kappa shape index (κ2) is 6.46. The fourth-order valence-electron chi connectivity index (χ4n) is 1.25. The van der Waals surface area contributed by atoms with Crippen molar-refractivity contribution in [2.75, 3.05) is 6.54 Å². The third kappa shape index (κ3) is 4.45. The number of carbonyl (C=O) groups is 1. The second-order valence-corrected chi connectivity index (χ2v) is 4.60. The zero-order valence-corrected chi connectivity index (χ0v) is 11.5. The summed E-state index contributed by atoms with van der Waals surface area (Å²) in [5, 5.41) is 20.5. The first-order chi connectivity index (χ1) is 9.54. The van der Waals surface area contributed by atoms with Gasteiger partial charge in [0.2, 0.25) is 0 Å². The maximum Gasteiger partial charge on any atom is 0.416 e. The summed E-state index contributed by atoms with van der Waals surface area (Å²) in [4.78, 5) is 21.4. The summed E-state index contributed by atoms with van der Waals surface area (Å²) >= 11 is 11.3. The molecule has 0 aliphatic heterocycles. The minimum absolute atomic E-state index is 0.299. The summed E-state index contributed by atoms with van der Waals surface area (Å²) in [5.74, 6) is -1.13. The van der Waals surface area contributed by atoms with E-state index in [0.717, 1.165) is 12.1 Å². The Morgan fingerprint density at radius 3 is 2.48 bits per heavy atom. The highest BCUT2D eigenvalue weighted by Gasteiger charge is 2.38. The van der Waals surface area contributed by atoms with Crippen LogP contribution < -0.4 is 5.32 Å². The Labute approximate surface area is 125 Å². The standard InChI is InChI=1S/C10H7Cl2F3N2O4/c11-6-2-4(17(20)21)1-5(8(6)12)9(19)16-3-7(18)10(13,14)15/h1-2,7,18H,3H2,(H,16,19). The topological polar surface area (TPSA) is 92.5 Å². The SMILES string of the molecule is O=C(NCC(O)C(F)(F)F)c1cc([N+](=O)[O-])cc(Cl)c1Cl. The summed E-state index contributed by atoms with van der Waals surface area (Å²) in [7, 11) is 0. The van der Waals surface area contributed by atoms with E-state index in [1.165, 1.54) is 0 Å². The van der Waals surface area contributed by atoms with Crippen LogP contribution in [0.2, 0.25) is 10.0 Å². The van der Waals surface area contributed by atoms with Crippen LogP contribution in [0.15, 0.2) is 12.1 Å². The van der Waals surface area contributed by atoms with Crippen molar-refractivity contribution in [2.45, 2.75) is 12.3 Å². The first kappa shape index (κ1) is 17.5. The number of nitro benzene ring substituents is 1. The Hall–Kier alpha value is -1.58. The summed E-state index contributed by atoms with van der Waals surface area (Å²) in [6.45, 7) is -1.13. The van der Waals surface area contributed by atoms with Crippen LogP contribution in [-0.4, -0.2) is 34.8 Å². The van der Waals surface area contributed by atoms with E-state index >= 15 is 0 Å². The molecule has 0 aliphatic carbocycles. The van der Waals surface area contributed by atoms with E-state index in [1.807, 2.05) is 0 Å². The number of benzene rings is 1. The average molecular weight is 347 g/mol. The number of nitrogens with zero attached hydrogens (tertiary/aromatic N) is 1. The van der Waals surface area contributed by atoms with E-state index in [1.54, 1.807) is 5.32 Å². The zero-order chi connectivity index (χ0) is 16.4. The summed E-state index contributed by atoms with van der Waals surface area (Å²) in [5.41, 5.74) is -1.02. The van der Waals surface area contributed by atoms with Gasteiger partial charge in [-0.15, -0.1) is 0 Å². The van der Waals surface area contributed by atoms with Gasteiger partial charge in [-0.3, -0.25) is 14.9 Å². The average Bonchev–Trinajstić information content (AvgIpc) is 2.37. The van der Waals surface area contributed by atoms with E-state index < -0.39 is 40.9 Å². The molecule has 21 heavy (non-hydrogen) atoms. The maximum atomic E-state index is 12.1. The quantitative estimate of drug-likeness (QED) is 0.647. The van der Waals surface area contributed by atoms with Gasteiger partial charge in [0.25, 0.3) is 11.6 Å². The monoisotopic (exact) mass is 346 g/mol. The highest BCUT2D eigenvalue weighted by atomic mass is 35.5. The van der Waals surface area contributed by atoms with E-state index in [0.29, 0.717) is 0 Å². The lowest BCUT2D eigenvalue weighted by atomic mass is 10.2. The zero-order valence-electron chi connectivity index (χ0n) is 9.95. The molecule has 0 aliphatic rings. The summed E-state index contributed by atoms with van der Waals surface area (Å²) in [6.07, 6.45) is -7.67. The van der Waals surface area contributed by atoms with E-state index in [2.05, 4.69) is 0 Å². The van der Waals surface area contributed by atoms with Crippen molar-refractivity contribution in [3.05, 3.63) is 37.9 Å². The largest absolute Gasteiger partial charge is 0.416 e. The Balaban J connectivity index is 2.95. The van der Waals surface area contributed by atoms with Gasteiger partial charge in [-0.1, -0.05) is 23.2 Å². The van der Waals surface area contributed by atoms with Gasteiger partial charge in [-0.25, -0.2) is 0 Å². The first-order valence-electron chi connectivity index (χ1n) is 5.20. The minimum atomic E-state index is -4.91. The third-order valence-electron chi connectivity index (χ3n) is 2.30. The molecule has 0 spiro atoms.